The lowest BCUT2D eigenvalue weighted by molar-refractivity contribution is -0.129. The monoisotopic (exact) mass is 437 g/mol. The van der Waals surface area contributed by atoms with Crippen molar-refractivity contribution in [2.24, 2.45) is 40.9 Å². The van der Waals surface area contributed by atoms with E-state index in [-0.39, 0.29) is 11.4 Å². The fraction of sp³-hybridized carbons (Fsp3) is 0.893. The number of ketones is 1. The molecule has 2 heterocycles. The normalized spacial score (nSPS) is 55.2. The predicted molar refractivity (Wildman–Crippen MR) is 131 cm³/mol. The molecular weight excluding hydrogens is 393 g/mol. The molecule has 4 heteroatoms. The van der Waals surface area contributed by atoms with Gasteiger partial charge in [0.1, 0.15) is 13.6 Å². The third-order valence-electron chi connectivity index (χ3n) is 11.9. The molecule has 0 amide bonds. The lowest BCUT2D eigenvalue weighted by Crippen LogP contribution is -2.49. The molecule has 176 valence electrons. The number of ether oxygens (including phenoxy) is 1. The molecule has 0 bridgehead atoms. The minimum atomic E-state index is 0.0518. The van der Waals surface area contributed by atoms with Crippen LogP contribution in [0.4, 0.5) is 0 Å². The molecule has 1 spiro atoms. The number of hydrogen-bond donors (Lipinski definition) is 1. The SMILES string of the molecule is BC1C(=O)CC[C@@]2(C)[C@@H]1CC[C@H]1[C@@H]3CC[C@@]4(CC(C)=C3C[C@@H]12)O[C@@H]1C[C@H](C)CN[C@H]1[C@H]4C. The molecule has 0 radical (unpaired) electrons. The van der Waals surface area contributed by atoms with Crippen LogP contribution in [0.25, 0.3) is 0 Å². The number of carbonyl (C=O) groups excluding carboxylic acids is 1. The van der Waals surface area contributed by atoms with Gasteiger partial charge in [-0.05, 0) is 106 Å². The van der Waals surface area contributed by atoms with E-state index < -0.39 is 0 Å². The van der Waals surface area contributed by atoms with Gasteiger partial charge in [-0.1, -0.05) is 31.9 Å². The second-order valence-electron chi connectivity index (χ2n) is 13.3. The van der Waals surface area contributed by atoms with Gasteiger partial charge in [-0.15, -0.1) is 0 Å². The number of nitrogens with one attached hydrogen (secondary N) is 1. The molecule has 11 atom stereocenters. The summed E-state index contributed by atoms with van der Waals surface area (Å²) in [5, 5.41) is 3.86. The predicted octanol–water partition coefficient (Wildman–Crippen LogP) is 4.71. The van der Waals surface area contributed by atoms with Crippen LogP contribution in [0.1, 0.15) is 85.5 Å². The highest BCUT2D eigenvalue weighted by atomic mass is 16.5. The number of hydrogen-bond acceptors (Lipinski definition) is 3. The molecule has 6 rings (SSSR count). The lowest BCUT2D eigenvalue weighted by atomic mass is 9.46. The van der Waals surface area contributed by atoms with Crippen LogP contribution in [0, 0.1) is 40.9 Å². The van der Waals surface area contributed by atoms with E-state index in [4.69, 9.17) is 4.74 Å². The van der Waals surface area contributed by atoms with E-state index in [9.17, 15) is 4.79 Å². The van der Waals surface area contributed by atoms with Crippen LogP contribution in [0.3, 0.4) is 0 Å². The maximum absolute atomic E-state index is 12.5. The van der Waals surface area contributed by atoms with Crippen molar-refractivity contribution in [1.29, 1.82) is 0 Å². The van der Waals surface area contributed by atoms with Gasteiger partial charge in [0.15, 0.2) is 0 Å². The van der Waals surface area contributed by atoms with E-state index in [0.717, 1.165) is 49.5 Å². The summed E-state index contributed by atoms with van der Waals surface area (Å²) in [6, 6.07) is 0.547. The highest BCUT2D eigenvalue weighted by Crippen LogP contribution is 2.66. The van der Waals surface area contributed by atoms with Crippen molar-refractivity contribution in [3.05, 3.63) is 11.1 Å². The van der Waals surface area contributed by atoms with Crippen molar-refractivity contribution in [3.8, 4) is 0 Å². The Morgan fingerprint density at radius 2 is 1.94 bits per heavy atom. The Bertz CT molecular complexity index is 839. The summed E-state index contributed by atoms with van der Waals surface area (Å²) >= 11 is 0. The standard InChI is InChI=1S/C28H44BNO2/c1-15-11-24-26(30-14-15)17(3)28(32-24)10-7-18-19-5-6-21-25(29)23(31)8-9-27(21,4)22(19)12-20(18)16(2)13-28/h15,17-19,21-22,24-26,30H,5-14,29H2,1-4H3/t15-,17+,18-,19-,21+,22-,24+,25?,26-,27-,28-/m0/s1. The van der Waals surface area contributed by atoms with E-state index in [1.54, 1.807) is 5.57 Å². The molecule has 0 aromatic carbocycles. The molecule has 1 unspecified atom stereocenters. The summed E-state index contributed by atoms with van der Waals surface area (Å²) in [6.07, 6.45) is 11.2. The molecule has 2 saturated heterocycles. The van der Waals surface area contributed by atoms with Crippen molar-refractivity contribution in [2.75, 3.05) is 6.54 Å². The highest BCUT2D eigenvalue weighted by molar-refractivity contribution is 6.24. The third-order valence-corrected chi connectivity index (χ3v) is 11.9. The quantitative estimate of drug-likeness (QED) is 0.441. The van der Waals surface area contributed by atoms with Gasteiger partial charge in [0, 0.05) is 18.4 Å². The van der Waals surface area contributed by atoms with Gasteiger partial charge < -0.3 is 14.8 Å². The number of rotatable bonds is 0. The zero-order valence-corrected chi connectivity index (χ0v) is 21.1. The third kappa shape index (κ3) is 2.97. The van der Waals surface area contributed by atoms with Crippen molar-refractivity contribution in [3.63, 3.8) is 0 Å². The first-order chi connectivity index (χ1) is 15.2. The van der Waals surface area contributed by atoms with Gasteiger partial charge >= 0.3 is 0 Å². The van der Waals surface area contributed by atoms with Gasteiger partial charge in [-0.25, -0.2) is 0 Å². The minimum absolute atomic E-state index is 0.0518. The first-order valence-electron chi connectivity index (χ1n) is 13.9. The zero-order chi connectivity index (χ0) is 22.4. The number of carbonyl (C=O) groups is 1. The first-order valence-corrected chi connectivity index (χ1v) is 13.9. The summed E-state index contributed by atoms with van der Waals surface area (Å²) in [5.74, 6) is 5.18. The second-order valence-corrected chi connectivity index (χ2v) is 13.3. The van der Waals surface area contributed by atoms with Crippen LogP contribution < -0.4 is 5.32 Å². The molecule has 0 aromatic heterocycles. The van der Waals surface area contributed by atoms with Crippen molar-refractivity contribution in [1.82, 2.24) is 5.32 Å². The number of fused-ring (bicyclic) bond motifs is 6. The zero-order valence-electron chi connectivity index (χ0n) is 21.1. The average molecular weight is 437 g/mol. The Kier molecular flexibility index (Phi) is 5.09. The van der Waals surface area contributed by atoms with Crippen LogP contribution in [-0.2, 0) is 9.53 Å². The average Bonchev–Trinajstić information content (AvgIpc) is 3.21. The maximum atomic E-state index is 12.5. The van der Waals surface area contributed by atoms with Crippen molar-refractivity contribution < 1.29 is 9.53 Å². The van der Waals surface area contributed by atoms with Gasteiger partial charge in [-0.3, -0.25) is 0 Å². The molecule has 6 aliphatic rings. The topological polar surface area (TPSA) is 38.3 Å². The molecular formula is C28H44BNO2. The van der Waals surface area contributed by atoms with Gasteiger partial charge in [0.25, 0.3) is 0 Å². The Morgan fingerprint density at radius 1 is 1.12 bits per heavy atom. The van der Waals surface area contributed by atoms with Crippen LogP contribution in [0.5, 0.6) is 0 Å². The molecule has 5 fully saturated rings. The van der Waals surface area contributed by atoms with Crippen molar-refractivity contribution >= 4 is 13.6 Å². The van der Waals surface area contributed by atoms with Gasteiger partial charge in [-0.2, -0.15) is 0 Å². The smallest absolute Gasteiger partial charge is 0.128 e. The van der Waals surface area contributed by atoms with Crippen LogP contribution in [0.15, 0.2) is 11.1 Å². The summed E-state index contributed by atoms with van der Waals surface area (Å²) in [7, 11) is 2.24. The molecule has 1 N–H and O–H groups in total. The summed E-state index contributed by atoms with van der Waals surface area (Å²) in [6.45, 7) is 11.0. The fourth-order valence-corrected chi connectivity index (χ4v) is 10.1. The van der Waals surface area contributed by atoms with Crippen LogP contribution in [-0.4, -0.2) is 37.9 Å². The van der Waals surface area contributed by atoms with Crippen molar-refractivity contribution in [2.45, 2.75) is 109 Å². The van der Waals surface area contributed by atoms with Gasteiger partial charge in [0.2, 0.25) is 0 Å². The summed E-state index contributed by atoms with van der Waals surface area (Å²) in [5.41, 5.74) is 3.91. The number of Topliss-reactive ketones (excluding diaryl/α,β-unsaturated/α-hetero) is 1. The van der Waals surface area contributed by atoms with E-state index in [1.807, 2.05) is 5.57 Å². The fourth-order valence-electron chi connectivity index (χ4n) is 10.1. The molecule has 0 aromatic rings. The Balaban J connectivity index is 1.28. The maximum Gasteiger partial charge on any atom is 0.128 e. The van der Waals surface area contributed by atoms with Gasteiger partial charge in [0.05, 0.1) is 11.7 Å². The van der Waals surface area contributed by atoms with Crippen LogP contribution in [0.2, 0.25) is 5.82 Å². The summed E-state index contributed by atoms with van der Waals surface area (Å²) < 4.78 is 7.03. The largest absolute Gasteiger partial charge is 0.369 e. The van der Waals surface area contributed by atoms with E-state index in [2.05, 4.69) is 40.9 Å². The lowest BCUT2D eigenvalue weighted by Gasteiger charge is -2.54. The molecule has 3 saturated carbocycles. The van der Waals surface area contributed by atoms with E-state index in [1.165, 1.54) is 38.5 Å². The second kappa shape index (κ2) is 7.44. The number of piperidine rings is 1. The molecule has 4 aliphatic carbocycles. The Hall–Kier alpha value is -0.605. The number of allylic oxidation sites excluding steroid dienone is 1. The molecule has 3 nitrogen and oxygen atoms in total. The first kappa shape index (κ1) is 21.9. The Morgan fingerprint density at radius 3 is 2.75 bits per heavy atom. The van der Waals surface area contributed by atoms with E-state index >= 15 is 0 Å². The highest BCUT2D eigenvalue weighted by Gasteiger charge is 2.60. The minimum Gasteiger partial charge on any atom is -0.369 e. The Labute approximate surface area is 196 Å². The van der Waals surface area contributed by atoms with Crippen LogP contribution >= 0.6 is 0 Å². The summed E-state index contributed by atoms with van der Waals surface area (Å²) in [4.78, 5) is 12.5. The molecule has 32 heavy (non-hydrogen) atoms. The van der Waals surface area contributed by atoms with E-state index in [0.29, 0.717) is 35.2 Å². The molecule has 2 aliphatic heterocycles.